The van der Waals surface area contributed by atoms with Crippen LogP contribution >= 0.6 is 23.2 Å². The van der Waals surface area contributed by atoms with Crippen LogP contribution in [0.4, 0.5) is 0 Å². The van der Waals surface area contributed by atoms with Crippen LogP contribution < -0.4 is 9.47 Å². The van der Waals surface area contributed by atoms with E-state index in [2.05, 4.69) is 0 Å². The molecule has 24 heavy (non-hydrogen) atoms. The zero-order chi connectivity index (χ0) is 17.7. The van der Waals surface area contributed by atoms with Crippen molar-refractivity contribution in [1.82, 2.24) is 4.31 Å². The number of nitrogens with zero attached hydrogens (tertiary/aromatic N) is 1. The molecule has 0 saturated heterocycles. The van der Waals surface area contributed by atoms with Crippen LogP contribution in [0.25, 0.3) is 0 Å². The predicted octanol–water partition coefficient (Wildman–Crippen LogP) is 3.70. The van der Waals surface area contributed by atoms with Crippen LogP contribution in [-0.4, -0.2) is 40.0 Å². The van der Waals surface area contributed by atoms with E-state index in [9.17, 15) is 8.42 Å². The Morgan fingerprint density at radius 1 is 0.958 bits per heavy atom. The van der Waals surface area contributed by atoms with Gasteiger partial charge >= 0.3 is 0 Å². The summed E-state index contributed by atoms with van der Waals surface area (Å²) in [5, 5.41) is 1.01. The predicted molar refractivity (Wildman–Crippen MR) is 94.8 cm³/mol. The molecule has 0 saturated carbocycles. The number of hydrogen-bond acceptors (Lipinski definition) is 4. The normalized spacial score (nSPS) is 11.5. The minimum absolute atomic E-state index is 0.210. The molecule has 2 rings (SSSR count). The SMILES string of the molecule is CN(C)S(=O)(=O)c1ccc(OCCOc2cc(Cl)ccc2Cl)cc1. The van der Waals surface area contributed by atoms with Crippen molar-refractivity contribution in [3.63, 3.8) is 0 Å². The van der Waals surface area contributed by atoms with Crippen molar-refractivity contribution in [1.29, 1.82) is 0 Å². The minimum atomic E-state index is -3.44. The Labute approximate surface area is 151 Å². The Morgan fingerprint density at radius 2 is 1.58 bits per heavy atom. The number of ether oxygens (including phenoxy) is 2. The molecule has 0 N–H and O–H groups in total. The van der Waals surface area contributed by atoms with E-state index in [-0.39, 0.29) is 18.1 Å². The van der Waals surface area contributed by atoms with Gasteiger partial charge in [-0.25, -0.2) is 12.7 Å². The molecule has 2 aromatic carbocycles. The van der Waals surface area contributed by atoms with E-state index in [1.807, 2.05) is 0 Å². The fourth-order valence-corrected chi connectivity index (χ4v) is 3.05. The summed E-state index contributed by atoms with van der Waals surface area (Å²) in [4.78, 5) is 0.210. The highest BCUT2D eigenvalue weighted by Gasteiger charge is 2.16. The van der Waals surface area contributed by atoms with Gasteiger partial charge in [0, 0.05) is 25.2 Å². The Balaban J connectivity index is 1.88. The molecule has 2 aromatic rings. The lowest BCUT2D eigenvalue weighted by Crippen LogP contribution is -2.22. The molecule has 0 heterocycles. The van der Waals surface area contributed by atoms with Crippen LogP contribution in [0.3, 0.4) is 0 Å². The second kappa shape index (κ2) is 8.07. The highest BCUT2D eigenvalue weighted by molar-refractivity contribution is 7.89. The van der Waals surface area contributed by atoms with Gasteiger partial charge in [0.15, 0.2) is 0 Å². The van der Waals surface area contributed by atoms with Gasteiger partial charge < -0.3 is 9.47 Å². The van der Waals surface area contributed by atoms with E-state index < -0.39 is 10.0 Å². The zero-order valence-electron chi connectivity index (χ0n) is 13.2. The Hall–Kier alpha value is -1.47. The van der Waals surface area contributed by atoms with Crippen LogP contribution in [0, 0.1) is 0 Å². The first-order chi connectivity index (χ1) is 11.3. The quantitative estimate of drug-likeness (QED) is 0.677. The van der Waals surface area contributed by atoms with Gasteiger partial charge in [-0.3, -0.25) is 0 Å². The van der Waals surface area contributed by atoms with Crippen molar-refractivity contribution < 1.29 is 17.9 Å². The van der Waals surface area contributed by atoms with Gasteiger partial charge in [0.05, 0.1) is 9.92 Å². The Bertz CT molecular complexity index is 792. The van der Waals surface area contributed by atoms with E-state index in [4.69, 9.17) is 32.7 Å². The lowest BCUT2D eigenvalue weighted by atomic mass is 10.3. The Kier molecular flexibility index (Phi) is 6.34. The summed E-state index contributed by atoms with van der Waals surface area (Å²) in [6.45, 7) is 0.556. The molecule has 0 aliphatic rings. The van der Waals surface area contributed by atoms with Crippen LogP contribution in [0.1, 0.15) is 0 Å². The maximum absolute atomic E-state index is 12.0. The highest BCUT2D eigenvalue weighted by atomic mass is 35.5. The van der Waals surface area contributed by atoms with E-state index in [0.717, 1.165) is 4.31 Å². The van der Waals surface area contributed by atoms with E-state index in [0.29, 0.717) is 21.5 Å². The molecular weight excluding hydrogens is 373 g/mol. The zero-order valence-corrected chi connectivity index (χ0v) is 15.5. The van der Waals surface area contributed by atoms with Crippen molar-refractivity contribution in [2.24, 2.45) is 0 Å². The number of rotatable bonds is 7. The average molecular weight is 390 g/mol. The molecule has 0 fully saturated rings. The molecule has 0 spiro atoms. The van der Waals surface area contributed by atoms with Crippen LogP contribution in [0.5, 0.6) is 11.5 Å². The fourth-order valence-electron chi connectivity index (χ4n) is 1.82. The van der Waals surface area contributed by atoms with Crippen LogP contribution in [0.2, 0.25) is 10.0 Å². The molecular formula is C16H17Cl2NO4S. The third-order valence-corrected chi connectivity index (χ3v) is 5.48. The maximum Gasteiger partial charge on any atom is 0.242 e. The number of sulfonamides is 1. The number of halogens is 2. The summed E-state index contributed by atoms with van der Waals surface area (Å²) in [6.07, 6.45) is 0. The van der Waals surface area contributed by atoms with Crippen molar-refractivity contribution in [2.45, 2.75) is 4.90 Å². The second-order valence-corrected chi connectivity index (χ2v) is 8.03. The van der Waals surface area contributed by atoms with Gasteiger partial charge in [0.25, 0.3) is 0 Å². The Morgan fingerprint density at radius 3 is 2.21 bits per heavy atom. The molecule has 5 nitrogen and oxygen atoms in total. The molecule has 0 bridgehead atoms. The first-order valence-corrected chi connectivity index (χ1v) is 9.23. The van der Waals surface area contributed by atoms with Gasteiger partial charge in [0.1, 0.15) is 24.7 Å². The monoisotopic (exact) mass is 389 g/mol. The molecule has 0 aliphatic heterocycles. The van der Waals surface area contributed by atoms with E-state index in [1.165, 1.54) is 26.2 Å². The molecule has 8 heteroatoms. The number of benzene rings is 2. The average Bonchev–Trinajstić information content (AvgIpc) is 2.55. The molecule has 0 amide bonds. The third-order valence-electron chi connectivity index (χ3n) is 3.11. The minimum Gasteiger partial charge on any atom is -0.490 e. The van der Waals surface area contributed by atoms with Gasteiger partial charge in [-0.2, -0.15) is 0 Å². The van der Waals surface area contributed by atoms with Crippen LogP contribution in [0.15, 0.2) is 47.4 Å². The van der Waals surface area contributed by atoms with Crippen LogP contribution in [-0.2, 0) is 10.0 Å². The molecule has 0 aromatic heterocycles. The van der Waals surface area contributed by atoms with Crippen molar-refractivity contribution in [3.8, 4) is 11.5 Å². The molecule has 130 valence electrons. The fraction of sp³-hybridized carbons (Fsp3) is 0.250. The van der Waals surface area contributed by atoms with Crippen molar-refractivity contribution in [3.05, 3.63) is 52.5 Å². The van der Waals surface area contributed by atoms with E-state index >= 15 is 0 Å². The largest absolute Gasteiger partial charge is 0.490 e. The summed E-state index contributed by atoms with van der Waals surface area (Å²) >= 11 is 11.9. The summed E-state index contributed by atoms with van der Waals surface area (Å²) in [6, 6.07) is 11.2. The molecule has 0 aliphatic carbocycles. The van der Waals surface area contributed by atoms with Gasteiger partial charge in [0.2, 0.25) is 10.0 Å². The molecule has 0 atom stereocenters. The van der Waals surface area contributed by atoms with E-state index in [1.54, 1.807) is 30.3 Å². The van der Waals surface area contributed by atoms with Gasteiger partial charge in [-0.05, 0) is 36.4 Å². The second-order valence-electron chi connectivity index (χ2n) is 5.03. The summed E-state index contributed by atoms with van der Waals surface area (Å²) in [7, 11) is -0.469. The summed E-state index contributed by atoms with van der Waals surface area (Å²) in [5.74, 6) is 1.04. The standard InChI is InChI=1S/C16H17Cl2NO4S/c1-19(2)24(20,21)14-6-4-13(5-7-14)22-9-10-23-16-11-12(17)3-8-15(16)18/h3-8,11H,9-10H2,1-2H3. The lowest BCUT2D eigenvalue weighted by molar-refractivity contribution is 0.217. The summed E-state index contributed by atoms with van der Waals surface area (Å²) < 4.78 is 36.1. The topological polar surface area (TPSA) is 55.8 Å². The molecule has 0 radical (unpaired) electrons. The smallest absolute Gasteiger partial charge is 0.242 e. The van der Waals surface area contributed by atoms with Gasteiger partial charge in [-0.1, -0.05) is 23.2 Å². The molecule has 0 unspecified atom stereocenters. The first kappa shape index (κ1) is 18.9. The first-order valence-electron chi connectivity index (χ1n) is 7.04. The van der Waals surface area contributed by atoms with Gasteiger partial charge in [-0.15, -0.1) is 0 Å². The lowest BCUT2D eigenvalue weighted by Gasteiger charge is -2.12. The van der Waals surface area contributed by atoms with Crippen molar-refractivity contribution >= 4 is 33.2 Å². The third kappa shape index (κ3) is 4.77. The number of hydrogen-bond donors (Lipinski definition) is 0. The van der Waals surface area contributed by atoms with Crippen molar-refractivity contribution in [2.75, 3.05) is 27.3 Å². The summed E-state index contributed by atoms with van der Waals surface area (Å²) in [5.41, 5.74) is 0. The highest BCUT2D eigenvalue weighted by Crippen LogP contribution is 2.27. The maximum atomic E-state index is 12.0.